The van der Waals surface area contributed by atoms with Gasteiger partial charge < -0.3 is 10.5 Å². The first-order valence-electron chi connectivity index (χ1n) is 5.40. The van der Waals surface area contributed by atoms with Crippen molar-refractivity contribution in [1.82, 2.24) is 4.98 Å². The first-order chi connectivity index (χ1) is 8.74. The van der Waals surface area contributed by atoms with Gasteiger partial charge in [-0.2, -0.15) is 0 Å². The highest BCUT2D eigenvalue weighted by Crippen LogP contribution is 2.34. The van der Waals surface area contributed by atoms with Crippen LogP contribution in [-0.2, 0) is 6.54 Å². The van der Waals surface area contributed by atoms with Gasteiger partial charge in [0, 0.05) is 17.6 Å². The topological polar surface area (TPSA) is 48.1 Å². The van der Waals surface area contributed by atoms with Crippen molar-refractivity contribution in [2.45, 2.75) is 16.5 Å². The summed E-state index contributed by atoms with van der Waals surface area (Å²) in [6.45, 7) is 0.410. The van der Waals surface area contributed by atoms with Gasteiger partial charge >= 0.3 is 0 Å². The molecule has 0 fully saturated rings. The Hall–Kier alpha value is -1.23. The van der Waals surface area contributed by atoms with Crippen LogP contribution in [0.2, 0.25) is 5.02 Å². The van der Waals surface area contributed by atoms with Gasteiger partial charge in [0.05, 0.1) is 12.1 Å². The molecule has 0 unspecified atom stereocenters. The summed E-state index contributed by atoms with van der Waals surface area (Å²) in [5, 5.41) is 1.38. The van der Waals surface area contributed by atoms with Gasteiger partial charge in [-0.1, -0.05) is 29.4 Å². The summed E-state index contributed by atoms with van der Waals surface area (Å²) in [7, 11) is 1.64. The van der Waals surface area contributed by atoms with Gasteiger partial charge in [0.2, 0.25) is 0 Å². The second-order valence-electron chi connectivity index (χ2n) is 3.57. The van der Waals surface area contributed by atoms with Crippen molar-refractivity contribution < 1.29 is 4.74 Å². The monoisotopic (exact) mass is 280 g/mol. The van der Waals surface area contributed by atoms with Crippen LogP contribution in [0, 0.1) is 0 Å². The number of methoxy groups -OCH3 is 1. The maximum atomic E-state index is 6.24. The third kappa shape index (κ3) is 2.96. The molecule has 3 nitrogen and oxygen atoms in total. The average Bonchev–Trinajstić information content (AvgIpc) is 2.41. The van der Waals surface area contributed by atoms with Crippen molar-refractivity contribution >= 4 is 23.4 Å². The Morgan fingerprint density at radius 1 is 1.39 bits per heavy atom. The van der Waals surface area contributed by atoms with E-state index in [0.29, 0.717) is 11.6 Å². The minimum absolute atomic E-state index is 0.410. The van der Waals surface area contributed by atoms with Crippen molar-refractivity contribution in [3.8, 4) is 5.75 Å². The van der Waals surface area contributed by atoms with Gasteiger partial charge in [-0.25, -0.2) is 4.98 Å². The second-order valence-corrected chi connectivity index (χ2v) is 5.01. The Kier molecular flexibility index (Phi) is 4.47. The first kappa shape index (κ1) is 13.2. The molecule has 0 aliphatic carbocycles. The fourth-order valence-corrected chi connectivity index (χ4v) is 2.65. The molecule has 0 saturated carbocycles. The van der Waals surface area contributed by atoms with Crippen LogP contribution in [0.1, 0.15) is 5.56 Å². The highest BCUT2D eigenvalue weighted by atomic mass is 35.5. The zero-order valence-corrected chi connectivity index (χ0v) is 11.5. The normalized spacial score (nSPS) is 10.4. The first-order valence-corrected chi connectivity index (χ1v) is 6.59. The van der Waals surface area contributed by atoms with Crippen LogP contribution >= 0.6 is 23.4 Å². The van der Waals surface area contributed by atoms with E-state index < -0.39 is 0 Å². The number of hydrogen-bond donors (Lipinski definition) is 1. The van der Waals surface area contributed by atoms with Crippen LogP contribution in [0.5, 0.6) is 5.75 Å². The molecule has 0 spiro atoms. The Morgan fingerprint density at radius 3 is 2.94 bits per heavy atom. The fraction of sp³-hybridized carbons (Fsp3) is 0.154. The quantitative estimate of drug-likeness (QED) is 0.933. The number of ether oxygens (including phenoxy) is 1. The molecule has 0 saturated heterocycles. The molecule has 94 valence electrons. The molecular weight excluding hydrogens is 268 g/mol. The number of hydrogen-bond acceptors (Lipinski definition) is 4. The van der Waals surface area contributed by atoms with Crippen molar-refractivity contribution in [1.29, 1.82) is 0 Å². The molecule has 0 aliphatic heterocycles. The zero-order valence-electron chi connectivity index (χ0n) is 9.89. The van der Waals surface area contributed by atoms with E-state index in [2.05, 4.69) is 4.98 Å². The highest BCUT2D eigenvalue weighted by Gasteiger charge is 2.08. The van der Waals surface area contributed by atoms with Crippen LogP contribution in [0.25, 0.3) is 0 Å². The second kappa shape index (κ2) is 6.09. The van der Waals surface area contributed by atoms with E-state index in [4.69, 9.17) is 22.1 Å². The van der Waals surface area contributed by atoms with E-state index in [1.54, 1.807) is 13.3 Å². The standard InChI is InChI=1S/C13H13ClN2OS/c1-17-10-3-2-4-11(7-10)18-13-12(14)9(8-15)5-6-16-13/h2-7H,8,15H2,1H3. The molecule has 0 radical (unpaired) electrons. The number of aromatic nitrogens is 1. The number of benzene rings is 1. The molecule has 2 N–H and O–H groups in total. The summed E-state index contributed by atoms with van der Waals surface area (Å²) in [6.07, 6.45) is 1.72. The maximum Gasteiger partial charge on any atom is 0.120 e. The molecule has 0 atom stereocenters. The average molecular weight is 281 g/mol. The van der Waals surface area contributed by atoms with Gasteiger partial charge in [0.25, 0.3) is 0 Å². The fourth-order valence-electron chi connectivity index (χ4n) is 1.47. The third-order valence-corrected chi connectivity index (χ3v) is 3.94. The summed E-state index contributed by atoms with van der Waals surface area (Å²) >= 11 is 7.73. The van der Waals surface area contributed by atoms with Gasteiger partial charge in [-0.3, -0.25) is 0 Å². The molecule has 5 heteroatoms. The van der Waals surface area contributed by atoms with E-state index in [0.717, 1.165) is 21.2 Å². The smallest absolute Gasteiger partial charge is 0.120 e. The van der Waals surface area contributed by atoms with Crippen molar-refractivity contribution in [2.75, 3.05) is 7.11 Å². The van der Waals surface area contributed by atoms with Crippen molar-refractivity contribution in [2.24, 2.45) is 5.73 Å². The lowest BCUT2D eigenvalue weighted by Gasteiger charge is -2.07. The predicted octanol–water partition coefficient (Wildman–Crippen LogP) is 3.35. The molecule has 18 heavy (non-hydrogen) atoms. The molecule has 0 aliphatic rings. The SMILES string of the molecule is COc1cccc(Sc2nccc(CN)c2Cl)c1. The summed E-state index contributed by atoms with van der Waals surface area (Å²) < 4.78 is 5.18. The maximum absolute atomic E-state index is 6.24. The molecular formula is C13H13ClN2OS. The van der Waals surface area contributed by atoms with Crippen molar-refractivity contribution in [3.63, 3.8) is 0 Å². The Morgan fingerprint density at radius 2 is 2.22 bits per heavy atom. The molecule has 1 heterocycles. The van der Waals surface area contributed by atoms with Crippen LogP contribution in [0.4, 0.5) is 0 Å². The molecule has 0 bridgehead atoms. The number of nitrogens with zero attached hydrogens (tertiary/aromatic N) is 1. The van der Waals surface area contributed by atoms with Gasteiger partial charge in [-0.05, 0) is 29.8 Å². The summed E-state index contributed by atoms with van der Waals surface area (Å²) in [5.74, 6) is 0.811. The Labute approximate surface area is 115 Å². The van der Waals surface area contributed by atoms with Crippen LogP contribution in [-0.4, -0.2) is 12.1 Å². The predicted molar refractivity (Wildman–Crippen MR) is 74.3 cm³/mol. The summed E-state index contributed by atoms with van der Waals surface area (Å²) in [5.41, 5.74) is 6.52. The largest absolute Gasteiger partial charge is 0.497 e. The van der Waals surface area contributed by atoms with E-state index in [9.17, 15) is 0 Å². The zero-order chi connectivity index (χ0) is 13.0. The van der Waals surface area contributed by atoms with Gasteiger partial charge in [0.1, 0.15) is 10.8 Å². The number of halogens is 1. The lowest BCUT2D eigenvalue weighted by Crippen LogP contribution is -1.98. The molecule has 0 amide bonds. The number of rotatable bonds is 4. The molecule has 1 aromatic heterocycles. The van der Waals surface area contributed by atoms with Gasteiger partial charge in [-0.15, -0.1) is 0 Å². The van der Waals surface area contributed by atoms with E-state index >= 15 is 0 Å². The van der Waals surface area contributed by atoms with Crippen molar-refractivity contribution in [3.05, 3.63) is 47.1 Å². The van der Waals surface area contributed by atoms with Crippen LogP contribution < -0.4 is 10.5 Å². The van der Waals surface area contributed by atoms with E-state index in [1.165, 1.54) is 11.8 Å². The van der Waals surface area contributed by atoms with Crippen LogP contribution in [0.3, 0.4) is 0 Å². The van der Waals surface area contributed by atoms with E-state index in [-0.39, 0.29) is 0 Å². The minimum atomic E-state index is 0.410. The highest BCUT2D eigenvalue weighted by molar-refractivity contribution is 7.99. The Bertz CT molecular complexity index is 548. The van der Waals surface area contributed by atoms with E-state index in [1.807, 2.05) is 30.3 Å². The third-order valence-electron chi connectivity index (χ3n) is 2.41. The summed E-state index contributed by atoms with van der Waals surface area (Å²) in [6, 6.07) is 9.59. The number of nitrogens with two attached hydrogens (primary N) is 1. The molecule has 2 aromatic rings. The lowest BCUT2D eigenvalue weighted by atomic mass is 10.3. The Balaban J connectivity index is 2.28. The lowest BCUT2D eigenvalue weighted by molar-refractivity contribution is 0.413. The van der Waals surface area contributed by atoms with Crippen LogP contribution in [0.15, 0.2) is 46.5 Å². The molecule has 2 rings (SSSR count). The summed E-state index contributed by atoms with van der Waals surface area (Å²) in [4.78, 5) is 5.30. The van der Waals surface area contributed by atoms with Gasteiger partial charge in [0.15, 0.2) is 0 Å². The molecule has 1 aromatic carbocycles. The number of pyridine rings is 1. The minimum Gasteiger partial charge on any atom is -0.497 e.